The number of likely N-dealkylation sites (tertiary alicyclic amines) is 1. The van der Waals surface area contributed by atoms with Crippen molar-refractivity contribution in [2.24, 2.45) is 0 Å². The van der Waals surface area contributed by atoms with Crippen molar-refractivity contribution in [3.8, 4) is 17.2 Å². The number of nitrogens with zero attached hydrogens (tertiary/aromatic N) is 1. The second-order valence-corrected chi connectivity index (χ2v) is 8.72. The molecule has 2 unspecified atom stereocenters. The van der Waals surface area contributed by atoms with Crippen molar-refractivity contribution < 1.29 is 43.0 Å². The standard InChI is InChI=1S/C21H27NO8S/c1-12-7-6-8-22(12,21(26)27)18(24)11-17(31-13(2)23)19(25)14-9-15(28-3)20(30-5)16(10-14)29-4/h9-10,12,17H,6-8,11H2,1-5H3/p+1/t12-,17?,22?/m1/s1. The number of thioether (sulfide) groups is 1. The number of rotatable bonds is 8. The lowest BCUT2D eigenvalue weighted by Crippen LogP contribution is -2.59. The number of ether oxygens (including phenoxy) is 3. The molecule has 0 spiro atoms. The van der Waals surface area contributed by atoms with E-state index in [1.165, 1.54) is 40.4 Å². The zero-order chi connectivity index (χ0) is 23.3. The van der Waals surface area contributed by atoms with Crippen LogP contribution in [-0.2, 0) is 9.59 Å². The number of Topliss-reactive ketones (excluding diaryl/α,β-unsaturated/α-hetero) is 1. The van der Waals surface area contributed by atoms with Crippen molar-refractivity contribution in [1.29, 1.82) is 0 Å². The Morgan fingerprint density at radius 3 is 2.10 bits per heavy atom. The van der Waals surface area contributed by atoms with Gasteiger partial charge in [0.05, 0.1) is 39.5 Å². The summed E-state index contributed by atoms with van der Waals surface area (Å²) in [7, 11) is 4.25. The summed E-state index contributed by atoms with van der Waals surface area (Å²) in [5, 5.41) is 8.37. The number of hydrogen-bond acceptors (Lipinski definition) is 8. The van der Waals surface area contributed by atoms with E-state index >= 15 is 0 Å². The van der Waals surface area contributed by atoms with Crippen molar-refractivity contribution in [2.45, 2.75) is 44.4 Å². The van der Waals surface area contributed by atoms with Gasteiger partial charge in [-0.05, 0) is 19.1 Å². The maximum atomic E-state index is 13.3. The first-order valence-electron chi connectivity index (χ1n) is 9.78. The Labute approximate surface area is 185 Å². The number of methoxy groups -OCH3 is 3. The second kappa shape index (κ2) is 10.1. The third-order valence-electron chi connectivity index (χ3n) is 5.58. The molecule has 0 aliphatic carbocycles. The number of hydrogen-bond donors (Lipinski definition) is 1. The lowest BCUT2D eigenvalue weighted by atomic mass is 10.0. The third-order valence-corrected chi connectivity index (χ3v) is 6.58. The van der Waals surface area contributed by atoms with Gasteiger partial charge in [0.25, 0.3) is 0 Å². The Hall–Kier alpha value is -2.59. The molecule has 10 heteroatoms. The first-order chi connectivity index (χ1) is 14.6. The van der Waals surface area contributed by atoms with Crippen LogP contribution in [-0.4, -0.2) is 71.7 Å². The molecule has 1 aromatic rings. The molecule has 0 radical (unpaired) electrons. The minimum atomic E-state index is -1.23. The van der Waals surface area contributed by atoms with Gasteiger partial charge in [-0.3, -0.25) is 9.59 Å². The highest BCUT2D eigenvalue weighted by Crippen LogP contribution is 2.39. The molecule has 0 saturated carbocycles. The van der Waals surface area contributed by atoms with Crippen molar-refractivity contribution >= 4 is 34.7 Å². The second-order valence-electron chi connectivity index (χ2n) is 7.34. The van der Waals surface area contributed by atoms with E-state index < -0.39 is 33.6 Å². The maximum Gasteiger partial charge on any atom is 0.521 e. The Balaban J connectivity index is 2.43. The zero-order valence-corrected chi connectivity index (χ0v) is 19.1. The number of imide groups is 1. The topological polar surface area (TPSA) is 116 Å². The highest BCUT2D eigenvalue weighted by atomic mass is 32.2. The number of ketones is 1. The monoisotopic (exact) mass is 454 g/mol. The van der Waals surface area contributed by atoms with E-state index in [-0.39, 0.29) is 35.1 Å². The third kappa shape index (κ3) is 4.85. The quantitative estimate of drug-likeness (QED) is 0.467. The molecule has 1 aromatic carbocycles. The van der Waals surface area contributed by atoms with Crippen molar-refractivity contribution in [3.05, 3.63) is 17.7 Å². The molecule has 1 heterocycles. The molecule has 0 aromatic heterocycles. The Kier molecular flexibility index (Phi) is 8.08. The molecule has 9 nitrogen and oxygen atoms in total. The molecule has 1 N–H and O–H groups in total. The maximum absolute atomic E-state index is 13.3. The number of carbonyl (C=O) groups excluding carboxylic acids is 3. The van der Waals surface area contributed by atoms with Crippen molar-refractivity contribution in [3.63, 3.8) is 0 Å². The van der Waals surface area contributed by atoms with E-state index in [9.17, 15) is 24.3 Å². The van der Waals surface area contributed by atoms with Crippen LogP contribution in [0.15, 0.2) is 12.1 Å². The van der Waals surface area contributed by atoms with Crippen molar-refractivity contribution in [1.82, 2.24) is 0 Å². The van der Waals surface area contributed by atoms with E-state index in [2.05, 4.69) is 0 Å². The normalized spacial score (nSPS) is 21.3. The van der Waals surface area contributed by atoms with E-state index in [0.717, 1.165) is 0 Å². The first kappa shape index (κ1) is 24.7. The van der Waals surface area contributed by atoms with Gasteiger partial charge in [-0.15, -0.1) is 0 Å². The van der Waals surface area contributed by atoms with Gasteiger partial charge in [0, 0.05) is 25.3 Å². The molecule has 170 valence electrons. The van der Waals surface area contributed by atoms with Crippen LogP contribution in [0.4, 0.5) is 4.79 Å². The van der Waals surface area contributed by atoms with Crippen LogP contribution >= 0.6 is 11.8 Å². The molecule has 1 saturated heterocycles. The average molecular weight is 455 g/mol. The molecule has 1 aliphatic rings. The number of quaternary nitrogens is 1. The smallest absolute Gasteiger partial charge is 0.493 e. The number of amides is 2. The van der Waals surface area contributed by atoms with Crippen LogP contribution < -0.4 is 14.2 Å². The van der Waals surface area contributed by atoms with E-state index in [1.54, 1.807) is 6.92 Å². The van der Waals surface area contributed by atoms with Gasteiger partial charge < -0.3 is 19.3 Å². The van der Waals surface area contributed by atoms with Gasteiger partial charge in [-0.25, -0.2) is 4.79 Å². The number of carbonyl (C=O) groups is 4. The molecule has 2 amide bonds. The fourth-order valence-electron chi connectivity index (χ4n) is 3.96. The predicted octanol–water partition coefficient (Wildman–Crippen LogP) is 3.14. The van der Waals surface area contributed by atoms with E-state index in [1.807, 2.05) is 0 Å². The van der Waals surface area contributed by atoms with Crippen LogP contribution in [0.1, 0.15) is 43.5 Å². The SMILES string of the molecule is COc1cc(C(=O)C(CC(=O)[N+]2(C(=O)O)CCC[C@H]2C)SC(C)=O)cc(OC)c1OC. The van der Waals surface area contributed by atoms with Gasteiger partial charge in [0.2, 0.25) is 5.75 Å². The summed E-state index contributed by atoms with van der Waals surface area (Å²) >= 11 is 0.713. The average Bonchev–Trinajstić information content (AvgIpc) is 3.13. The molecule has 3 atom stereocenters. The highest BCUT2D eigenvalue weighted by Gasteiger charge is 2.53. The Morgan fingerprint density at radius 2 is 1.71 bits per heavy atom. The number of carboxylic acid groups (broad SMARTS) is 1. The van der Waals surface area contributed by atoms with Crippen LogP contribution in [0, 0.1) is 0 Å². The van der Waals surface area contributed by atoms with Crippen LogP contribution in [0.2, 0.25) is 0 Å². The van der Waals surface area contributed by atoms with Gasteiger partial charge in [0.1, 0.15) is 6.04 Å². The van der Waals surface area contributed by atoms with Gasteiger partial charge in [0.15, 0.2) is 22.4 Å². The van der Waals surface area contributed by atoms with Crippen LogP contribution in [0.5, 0.6) is 17.2 Å². The first-order valence-corrected chi connectivity index (χ1v) is 10.7. The Bertz CT molecular complexity index is 861. The minimum absolute atomic E-state index is 0.164. The summed E-state index contributed by atoms with van der Waals surface area (Å²) in [5.74, 6) is -0.273. The van der Waals surface area contributed by atoms with Crippen LogP contribution in [0.3, 0.4) is 0 Å². The Morgan fingerprint density at radius 1 is 1.13 bits per heavy atom. The lowest BCUT2D eigenvalue weighted by molar-refractivity contribution is -0.792. The summed E-state index contributed by atoms with van der Waals surface area (Å²) < 4.78 is 15.1. The molecule has 0 bridgehead atoms. The molecule has 1 fully saturated rings. The van der Waals surface area contributed by atoms with Gasteiger partial charge >= 0.3 is 12.0 Å². The zero-order valence-electron chi connectivity index (χ0n) is 18.3. The summed E-state index contributed by atoms with van der Waals surface area (Å²) in [6.07, 6.45) is -0.411. The molecule has 2 rings (SSSR count). The predicted molar refractivity (Wildman–Crippen MR) is 114 cm³/mol. The lowest BCUT2D eigenvalue weighted by Gasteiger charge is -2.30. The molecular formula is C21H28NO8S+. The fraction of sp³-hybridized carbons (Fsp3) is 0.524. The van der Waals surface area contributed by atoms with Gasteiger partial charge in [-0.1, -0.05) is 11.8 Å². The number of benzene rings is 1. The van der Waals surface area contributed by atoms with Crippen LogP contribution in [0.25, 0.3) is 0 Å². The molecular weight excluding hydrogens is 426 g/mol. The summed E-state index contributed by atoms with van der Waals surface area (Å²) in [5.41, 5.74) is 0.164. The minimum Gasteiger partial charge on any atom is -0.493 e. The van der Waals surface area contributed by atoms with E-state index in [0.29, 0.717) is 30.4 Å². The largest absolute Gasteiger partial charge is 0.521 e. The van der Waals surface area contributed by atoms with Gasteiger partial charge in [-0.2, -0.15) is 9.28 Å². The molecule has 31 heavy (non-hydrogen) atoms. The van der Waals surface area contributed by atoms with Crippen molar-refractivity contribution in [2.75, 3.05) is 27.9 Å². The summed E-state index contributed by atoms with van der Waals surface area (Å²) in [6.45, 7) is 3.18. The van der Waals surface area contributed by atoms with E-state index in [4.69, 9.17) is 14.2 Å². The fourth-order valence-corrected chi connectivity index (χ4v) is 4.83. The summed E-state index contributed by atoms with van der Waals surface area (Å²) in [4.78, 5) is 50.3. The highest BCUT2D eigenvalue weighted by molar-refractivity contribution is 8.14. The molecule has 1 aliphatic heterocycles. The summed E-state index contributed by atoms with van der Waals surface area (Å²) in [6, 6.07) is 2.49.